The lowest BCUT2D eigenvalue weighted by Gasteiger charge is -2.33. The smallest absolute Gasteiger partial charge is 0.0537 e. The van der Waals surface area contributed by atoms with Gasteiger partial charge in [0, 0.05) is 11.5 Å². The van der Waals surface area contributed by atoms with Crippen molar-refractivity contribution < 1.29 is 4.74 Å². The van der Waals surface area contributed by atoms with Crippen molar-refractivity contribution >= 4 is 0 Å². The monoisotopic (exact) mass is 153 g/mol. The summed E-state index contributed by atoms with van der Waals surface area (Å²) in [5, 5.41) is 3.63. The molecule has 0 aromatic rings. The zero-order chi connectivity index (χ0) is 7.31. The van der Waals surface area contributed by atoms with E-state index < -0.39 is 0 Å². The third-order valence-electron chi connectivity index (χ3n) is 3.62. The standard InChI is InChI=1S/C9H15NO/c1-4-10-8-7(1)5-11-6-9(8)2-3-9/h7-8,10H,1-6H2. The molecule has 0 aromatic carbocycles. The molecule has 0 bridgehead atoms. The molecule has 2 heteroatoms. The van der Waals surface area contributed by atoms with Crippen molar-refractivity contribution in [3.05, 3.63) is 0 Å². The Morgan fingerprint density at radius 3 is 3.09 bits per heavy atom. The molecule has 1 aliphatic carbocycles. The van der Waals surface area contributed by atoms with Gasteiger partial charge in [-0.3, -0.25) is 0 Å². The maximum Gasteiger partial charge on any atom is 0.0537 e. The SMILES string of the molecule is C1CC2COCC3(CC3)C2N1. The van der Waals surface area contributed by atoms with Crippen LogP contribution in [0.1, 0.15) is 19.3 Å². The molecule has 0 amide bonds. The van der Waals surface area contributed by atoms with Gasteiger partial charge in [0.05, 0.1) is 13.2 Å². The fraction of sp³-hybridized carbons (Fsp3) is 1.00. The molecule has 3 fully saturated rings. The molecule has 1 N–H and O–H groups in total. The summed E-state index contributed by atoms with van der Waals surface area (Å²) in [6, 6.07) is 0.816. The topological polar surface area (TPSA) is 21.3 Å². The van der Waals surface area contributed by atoms with Gasteiger partial charge in [-0.25, -0.2) is 0 Å². The van der Waals surface area contributed by atoms with E-state index in [-0.39, 0.29) is 0 Å². The van der Waals surface area contributed by atoms with Crippen LogP contribution in [-0.2, 0) is 4.74 Å². The number of nitrogens with one attached hydrogen (secondary N) is 1. The number of ether oxygens (including phenoxy) is 1. The minimum atomic E-state index is 0.597. The lowest BCUT2D eigenvalue weighted by molar-refractivity contribution is -0.00671. The highest BCUT2D eigenvalue weighted by atomic mass is 16.5. The van der Waals surface area contributed by atoms with Gasteiger partial charge in [-0.15, -0.1) is 0 Å². The Morgan fingerprint density at radius 2 is 2.27 bits per heavy atom. The molecule has 3 rings (SSSR count). The first kappa shape index (κ1) is 6.44. The van der Waals surface area contributed by atoms with Crippen LogP contribution in [0.25, 0.3) is 0 Å². The van der Waals surface area contributed by atoms with Crippen LogP contribution in [0.2, 0.25) is 0 Å². The van der Waals surface area contributed by atoms with Gasteiger partial charge in [-0.2, -0.15) is 0 Å². The highest BCUT2D eigenvalue weighted by molar-refractivity contribution is 5.08. The van der Waals surface area contributed by atoms with E-state index in [0.29, 0.717) is 5.41 Å². The van der Waals surface area contributed by atoms with Crippen molar-refractivity contribution in [2.24, 2.45) is 11.3 Å². The summed E-state index contributed by atoms with van der Waals surface area (Å²) >= 11 is 0. The summed E-state index contributed by atoms with van der Waals surface area (Å²) in [5.41, 5.74) is 0.597. The molecular weight excluding hydrogens is 138 g/mol. The molecule has 0 aromatic heterocycles. The van der Waals surface area contributed by atoms with E-state index in [1.807, 2.05) is 0 Å². The van der Waals surface area contributed by atoms with E-state index in [4.69, 9.17) is 4.74 Å². The third-order valence-corrected chi connectivity index (χ3v) is 3.62. The summed E-state index contributed by atoms with van der Waals surface area (Å²) in [5.74, 6) is 0.839. The molecule has 1 spiro atoms. The predicted molar refractivity (Wildman–Crippen MR) is 42.4 cm³/mol. The lowest BCUT2D eigenvalue weighted by Crippen LogP contribution is -2.44. The van der Waals surface area contributed by atoms with E-state index in [1.165, 1.54) is 25.8 Å². The van der Waals surface area contributed by atoms with Gasteiger partial charge >= 0.3 is 0 Å². The molecule has 1 saturated carbocycles. The van der Waals surface area contributed by atoms with Gasteiger partial charge in [0.15, 0.2) is 0 Å². The van der Waals surface area contributed by atoms with Crippen LogP contribution in [0.3, 0.4) is 0 Å². The average molecular weight is 153 g/mol. The van der Waals surface area contributed by atoms with E-state index in [0.717, 1.165) is 25.2 Å². The maximum atomic E-state index is 5.62. The van der Waals surface area contributed by atoms with E-state index in [2.05, 4.69) is 5.32 Å². The molecule has 62 valence electrons. The van der Waals surface area contributed by atoms with Gasteiger partial charge in [0.1, 0.15) is 0 Å². The van der Waals surface area contributed by atoms with Crippen LogP contribution in [0.4, 0.5) is 0 Å². The zero-order valence-electron chi connectivity index (χ0n) is 6.81. The predicted octanol–water partition coefficient (Wildman–Crippen LogP) is 0.775. The second-order valence-corrected chi connectivity index (χ2v) is 4.36. The van der Waals surface area contributed by atoms with Crippen LogP contribution in [0.15, 0.2) is 0 Å². The van der Waals surface area contributed by atoms with Crippen molar-refractivity contribution in [3.8, 4) is 0 Å². The van der Waals surface area contributed by atoms with Crippen LogP contribution in [0.5, 0.6) is 0 Å². The van der Waals surface area contributed by atoms with Crippen molar-refractivity contribution in [3.63, 3.8) is 0 Å². The molecule has 2 unspecified atom stereocenters. The number of rotatable bonds is 0. The average Bonchev–Trinajstić information content (AvgIpc) is 2.63. The van der Waals surface area contributed by atoms with E-state index >= 15 is 0 Å². The second-order valence-electron chi connectivity index (χ2n) is 4.36. The number of hydrogen-bond donors (Lipinski definition) is 1. The number of fused-ring (bicyclic) bond motifs is 2. The summed E-state index contributed by atoms with van der Waals surface area (Å²) in [4.78, 5) is 0. The van der Waals surface area contributed by atoms with Gasteiger partial charge < -0.3 is 10.1 Å². The first-order valence-corrected chi connectivity index (χ1v) is 4.72. The van der Waals surface area contributed by atoms with E-state index in [1.54, 1.807) is 0 Å². The van der Waals surface area contributed by atoms with Gasteiger partial charge in [-0.05, 0) is 31.7 Å². The van der Waals surface area contributed by atoms with Crippen molar-refractivity contribution in [2.75, 3.05) is 19.8 Å². The molecular formula is C9H15NO. The molecule has 2 nitrogen and oxygen atoms in total. The first-order valence-electron chi connectivity index (χ1n) is 4.72. The Kier molecular flexibility index (Phi) is 1.16. The molecule has 2 atom stereocenters. The fourth-order valence-electron chi connectivity index (χ4n) is 2.77. The van der Waals surface area contributed by atoms with Crippen LogP contribution in [0, 0.1) is 11.3 Å². The highest BCUT2D eigenvalue weighted by Gasteiger charge is 2.55. The summed E-state index contributed by atoms with van der Waals surface area (Å²) in [6.07, 6.45) is 4.15. The van der Waals surface area contributed by atoms with Crippen molar-refractivity contribution in [1.82, 2.24) is 5.32 Å². The van der Waals surface area contributed by atoms with Crippen LogP contribution in [-0.4, -0.2) is 25.8 Å². The maximum absolute atomic E-state index is 5.62. The second kappa shape index (κ2) is 1.99. The first-order chi connectivity index (χ1) is 5.41. The van der Waals surface area contributed by atoms with Gasteiger partial charge in [0.25, 0.3) is 0 Å². The highest BCUT2D eigenvalue weighted by Crippen LogP contribution is 2.54. The molecule has 2 heterocycles. The fourth-order valence-corrected chi connectivity index (χ4v) is 2.77. The molecule has 11 heavy (non-hydrogen) atoms. The van der Waals surface area contributed by atoms with Gasteiger partial charge in [-0.1, -0.05) is 0 Å². The Labute approximate surface area is 67.3 Å². The molecule has 2 aliphatic heterocycles. The molecule has 3 aliphatic rings. The van der Waals surface area contributed by atoms with Gasteiger partial charge in [0.2, 0.25) is 0 Å². The minimum Gasteiger partial charge on any atom is -0.380 e. The number of hydrogen-bond acceptors (Lipinski definition) is 2. The Bertz CT molecular complexity index is 176. The summed E-state index contributed by atoms with van der Waals surface area (Å²) in [6.45, 7) is 3.26. The molecule has 0 radical (unpaired) electrons. The zero-order valence-corrected chi connectivity index (χ0v) is 6.81. The Hall–Kier alpha value is -0.0800. The van der Waals surface area contributed by atoms with Crippen molar-refractivity contribution in [2.45, 2.75) is 25.3 Å². The van der Waals surface area contributed by atoms with Crippen molar-refractivity contribution in [1.29, 1.82) is 0 Å². The largest absolute Gasteiger partial charge is 0.380 e. The normalized spacial score (nSPS) is 45.8. The molecule has 2 saturated heterocycles. The Morgan fingerprint density at radius 1 is 1.36 bits per heavy atom. The minimum absolute atomic E-state index is 0.597. The lowest BCUT2D eigenvalue weighted by atomic mass is 9.86. The van der Waals surface area contributed by atoms with Crippen LogP contribution < -0.4 is 5.32 Å². The Balaban J connectivity index is 1.85. The third kappa shape index (κ3) is 0.798. The summed E-state index contributed by atoms with van der Waals surface area (Å²) < 4.78 is 5.62. The van der Waals surface area contributed by atoms with E-state index in [9.17, 15) is 0 Å². The van der Waals surface area contributed by atoms with Crippen LogP contribution >= 0.6 is 0 Å². The summed E-state index contributed by atoms with van der Waals surface area (Å²) in [7, 11) is 0. The quantitative estimate of drug-likeness (QED) is 0.555.